The van der Waals surface area contributed by atoms with Crippen molar-refractivity contribution in [3.05, 3.63) is 64.5 Å². The number of aromatic nitrogens is 7. The van der Waals surface area contributed by atoms with Crippen LogP contribution in [0.4, 0.5) is 13.2 Å². The summed E-state index contributed by atoms with van der Waals surface area (Å²) in [6.07, 6.45) is -2.79. The molecule has 4 aromatic rings. The first-order chi connectivity index (χ1) is 14.7. The number of carbonyl (C=O) groups excluding carboxylic acids is 1. The summed E-state index contributed by atoms with van der Waals surface area (Å²) in [5, 5.41) is 8.25. The lowest BCUT2D eigenvalue weighted by Crippen LogP contribution is -2.42. The number of halogens is 4. The van der Waals surface area contributed by atoms with Crippen molar-refractivity contribution in [3.63, 3.8) is 0 Å². The van der Waals surface area contributed by atoms with Crippen LogP contribution in [0.3, 0.4) is 0 Å². The fraction of sp³-hybridized carbons (Fsp3) is 0.278. The van der Waals surface area contributed by atoms with E-state index >= 15 is 0 Å². The van der Waals surface area contributed by atoms with Crippen LogP contribution in [-0.2, 0) is 19.6 Å². The quantitative estimate of drug-likeness (QED) is 0.473. The Hall–Kier alpha value is -3.41. The maximum atomic E-state index is 13.3. The third-order valence-corrected chi connectivity index (χ3v) is 5.42. The molecule has 0 radical (unpaired) electrons. The van der Waals surface area contributed by atoms with E-state index < -0.39 is 29.8 Å². The molecule has 1 aliphatic heterocycles. The van der Waals surface area contributed by atoms with Crippen LogP contribution < -0.4 is 0 Å². The summed E-state index contributed by atoms with van der Waals surface area (Å²) >= 11 is 6.22. The summed E-state index contributed by atoms with van der Waals surface area (Å²) in [6.45, 7) is 0.231. The molecule has 9 nitrogen and oxygen atoms in total. The number of aromatic amines is 1. The second kappa shape index (κ2) is 6.80. The lowest BCUT2D eigenvalue weighted by Gasteiger charge is -2.33. The molecule has 0 saturated heterocycles. The van der Waals surface area contributed by atoms with Gasteiger partial charge in [-0.1, -0.05) is 17.7 Å². The van der Waals surface area contributed by atoms with Crippen LogP contribution in [0.2, 0.25) is 5.15 Å². The predicted molar refractivity (Wildman–Crippen MR) is 101 cm³/mol. The van der Waals surface area contributed by atoms with E-state index in [1.54, 1.807) is 24.3 Å². The van der Waals surface area contributed by atoms with Crippen LogP contribution in [-0.4, -0.2) is 51.7 Å². The number of hydrogen-bond acceptors (Lipinski definition) is 5. The van der Waals surface area contributed by atoms with E-state index in [9.17, 15) is 18.0 Å². The first kappa shape index (κ1) is 19.5. The Kier molecular flexibility index (Phi) is 4.29. The molecule has 5 heterocycles. The van der Waals surface area contributed by atoms with Crippen LogP contribution in [0.1, 0.15) is 39.6 Å². The molecular formula is C18H14ClF3N8O. The third-order valence-electron chi connectivity index (χ3n) is 5.13. The van der Waals surface area contributed by atoms with E-state index in [2.05, 4.69) is 25.1 Å². The van der Waals surface area contributed by atoms with E-state index in [0.29, 0.717) is 28.5 Å². The number of amides is 1. The van der Waals surface area contributed by atoms with E-state index in [1.165, 1.54) is 22.8 Å². The van der Waals surface area contributed by atoms with Crippen molar-refractivity contribution in [3.8, 4) is 0 Å². The topological polar surface area (TPSA) is 97.0 Å². The zero-order chi connectivity index (χ0) is 21.9. The largest absolute Gasteiger partial charge is 0.453 e. The van der Waals surface area contributed by atoms with E-state index in [4.69, 9.17) is 11.6 Å². The van der Waals surface area contributed by atoms with Crippen molar-refractivity contribution in [1.82, 2.24) is 39.2 Å². The summed E-state index contributed by atoms with van der Waals surface area (Å²) in [4.78, 5) is 25.5. The highest BCUT2D eigenvalue weighted by atomic mass is 35.5. The standard InChI is InChI=1S/C18H14ClF3N8O/c1-28-15(25-17(27-28)18(20,21)22)16(31)29-6-5-10-13(24-8-23-10)14(29)11-7-9-3-2-4-12(19)30(9)26-11/h2-4,7-8,14H,5-6H2,1H3,(H,23,24)/t14-/m1/s1. The summed E-state index contributed by atoms with van der Waals surface area (Å²) in [5.74, 6) is -2.49. The van der Waals surface area contributed by atoms with Gasteiger partial charge in [-0.2, -0.15) is 23.3 Å². The minimum absolute atomic E-state index is 0.231. The summed E-state index contributed by atoms with van der Waals surface area (Å²) < 4.78 is 41.5. The Bertz CT molecular complexity index is 1310. The highest BCUT2D eigenvalue weighted by molar-refractivity contribution is 6.29. The van der Waals surface area contributed by atoms with Crippen LogP contribution in [0, 0.1) is 0 Å². The smallest absolute Gasteiger partial charge is 0.348 e. The number of carbonyl (C=O) groups is 1. The molecular weight excluding hydrogens is 437 g/mol. The van der Waals surface area contributed by atoms with Gasteiger partial charge in [0.15, 0.2) is 0 Å². The second-order valence-electron chi connectivity index (χ2n) is 7.05. The minimum Gasteiger partial charge on any atom is -0.348 e. The van der Waals surface area contributed by atoms with Gasteiger partial charge in [-0.25, -0.2) is 14.2 Å². The molecule has 160 valence electrons. The van der Waals surface area contributed by atoms with Crippen LogP contribution in [0.5, 0.6) is 0 Å². The number of imidazole rings is 1. The van der Waals surface area contributed by atoms with E-state index in [1.807, 2.05) is 0 Å². The van der Waals surface area contributed by atoms with E-state index in [-0.39, 0.29) is 6.54 Å². The van der Waals surface area contributed by atoms with Crippen molar-refractivity contribution in [2.75, 3.05) is 6.54 Å². The molecule has 1 amide bonds. The molecule has 1 N–H and O–H groups in total. The monoisotopic (exact) mass is 450 g/mol. The Morgan fingerprint density at radius 3 is 2.81 bits per heavy atom. The van der Waals surface area contributed by atoms with Crippen LogP contribution in [0.25, 0.3) is 5.52 Å². The highest BCUT2D eigenvalue weighted by Gasteiger charge is 2.41. The molecule has 0 fully saturated rings. The number of pyridine rings is 1. The normalized spacial score (nSPS) is 16.7. The number of rotatable bonds is 2. The molecule has 0 aromatic carbocycles. The lowest BCUT2D eigenvalue weighted by atomic mass is 9.99. The molecule has 0 spiro atoms. The highest BCUT2D eigenvalue weighted by Crippen LogP contribution is 2.35. The number of nitrogens with one attached hydrogen (secondary N) is 1. The predicted octanol–water partition coefficient (Wildman–Crippen LogP) is 2.65. The zero-order valence-corrected chi connectivity index (χ0v) is 16.7. The van der Waals surface area contributed by atoms with Gasteiger partial charge < -0.3 is 9.88 Å². The van der Waals surface area contributed by atoms with Gasteiger partial charge in [0.2, 0.25) is 5.82 Å². The summed E-state index contributed by atoms with van der Waals surface area (Å²) in [7, 11) is 1.25. The van der Waals surface area contributed by atoms with Gasteiger partial charge in [0.25, 0.3) is 11.7 Å². The van der Waals surface area contributed by atoms with E-state index in [0.717, 1.165) is 10.4 Å². The second-order valence-corrected chi connectivity index (χ2v) is 7.44. The fourth-order valence-corrected chi connectivity index (χ4v) is 3.96. The van der Waals surface area contributed by atoms with Crippen molar-refractivity contribution < 1.29 is 18.0 Å². The molecule has 13 heteroatoms. The maximum Gasteiger partial charge on any atom is 0.453 e. The average Bonchev–Trinajstić information content (AvgIpc) is 3.44. The fourth-order valence-electron chi connectivity index (χ4n) is 3.75. The Balaban J connectivity index is 1.61. The van der Waals surface area contributed by atoms with Gasteiger partial charge in [0.1, 0.15) is 11.2 Å². The number of alkyl halides is 3. The van der Waals surface area contributed by atoms with Gasteiger partial charge in [-0.3, -0.25) is 4.79 Å². The number of fused-ring (bicyclic) bond motifs is 2. The molecule has 1 aliphatic rings. The summed E-state index contributed by atoms with van der Waals surface area (Å²) in [5.41, 5.74) is 2.58. The van der Waals surface area contributed by atoms with Crippen molar-refractivity contribution in [1.29, 1.82) is 0 Å². The van der Waals surface area contributed by atoms with Gasteiger partial charge in [0.05, 0.1) is 23.2 Å². The Morgan fingerprint density at radius 2 is 2.10 bits per heavy atom. The lowest BCUT2D eigenvalue weighted by molar-refractivity contribution is -0.144. The number of nitrogens with zero attached hydrogens (tertiary/aromatic N) is 7. The first-order valence-electron chi connectivity index (χ1n) is 9.19. The number of hydrogen-bond donors (Lipinski definition) is 1. The maximum absolute atomic E-state index is 13.3. The van der Waals surface area contributed by atoms with Crippen molar-refractivity contribution >= 4 is 23.0 Å². The first-order valence-corrected chi connectivity index (χ1v) is 9.57. The summed E-state index contributed by atoms with van der Waals surface area (Å²) in [6, 6.07) is 6.28. The van der Waals surface area contributed by atoms with Crippen LogP contribution in [0.15, 0.2) is 30.6 Å². The van der Waals surface area contributed by atoms with Gasteiger partial charge in [-0.05, 0) is 18.2 Å². The molecule has 0 saturated carbocycles. The molecule has 31 heavy (non-hydrogen) atoms. The number of aryl methyl sites for hydroxylation is 1. The van der Waals surface area contributed by atoms with Gasteiger partial charge in [0, 0.05) is 25.7 Å². The minimum atomic E-state index is -4.76. The molecule has 0 aliphatic carbocycles. The molecule has 0 unspecified atom stereocenters. The average molecular weight is 451 g/mol. The van der Waals surface area contributed by atoms with Gasteiger partial charge >= 0.3 is 6.18 Å². The number of H-pyrrole nitrogens is 1. The Morgan fingerprint density at radius 1 is 1.29 bits per heavy atom. The Labute approximate surface area is 177 Å². The van der Waals surface area contributed by atoms with Gasteiger partial charge in [-0.15, -0.1) is 5.10 Å². The molecule has 5 rings (SSSR count). The zero-order valence-electron chi connectivity index (χ0n) is 15.9. The van der Waals surface area contributed by atoms with Crippen molar-refractivity contribution in [2.24, 2.45) is 7.05 Å². The molecule has 1 atom stereocenters. The molecule has 4 aromatic heterocycles. The SMILES string of the molecule is Cn1nc(C(F)(F)F)nc1C(=O)N1CCc2[nH]cnc2[C@H]1c1cc2cccc(Cl)n2n1. The molecule has 0 bridgehead atoms. The third kappa shape index (κ3) is 3.14. The van der Waals surface area contributed by atoms with Crippen LogP contribution >= 0.6 is 11.6 Å². The van der Waals surface area contributed by atoms with Crippen molar-refractivity contribution in [2.45, 2.75) is 18.6 Å².